The van der Waals surface area contributed by atoms with Gasteiger partial charge in [0.05, 0.1) is 31.4 Å². The predicted octanol–water partition coefficient (Wildman–Crippen LogP) is 3.85. The van der Waals surface area contributed by atoms with Crippen molar-refractivity contribution in [2.45, 2.75) is 12.1 Å². The molecular formula is C22H21N5O3S. The van der Waals surface area contributed by atoms with Crippen LogP contribution < -0.4 is 14.8 Å². The molecule has 2 aromatic carbocycles. The predicted molar refractivity (Wildman–Crippen MR) is 120 cm³/mol. The van der Waals surface area contributed by atoms with Gasteiger partial charge < -0.3 is 14.8 Å². The molecule has 4 rings (SSSR count). The fraction of sp³-hybridized carbons (Fsp3) is 0.182. The van der Waals surface area contributed by atoms with Crippen LogP contribution in [0.1, 0.15) is 5.56 Å². The van der Waals surface area contributed by atoms with Crippen molar-refractivity contribution >= 4 is 29.0 Å². The molecule has 31 heavy (non-hydrogen) atoms. The van der Waals surface area contributed by atoms with Crippen LogP contribution in [0.4, 0.5) is 5.69 Å². The SMILES string of the molecule is COc1ccc(C)cc1NC(=O)CSc1nnc2ccc(-c3ccccc3OC)nn12. The molecule has 0 unspecified atom stereocenters. The Hall–Kier alpha value is -3.59. The number of hydrogen-bond donors (Lipinski definition) is 1. The summed E-state index contributed by atoms with van der Waals surface area (Å²) in [6.07, 6.45) is 0. The van der Waals surface area contributed by atoms with Crippen molar-refractivity contribution in [2.24, 2.45) is 0 Å². The number of anilines is 1. The number of carbonyl (C=O) groups is 1. The number of thioether (sulfide) groups is 1. The number of nitrogens with zero attached hydrogens (tertiary/aromatic N) is 4. The minimum Gasteiger partial charge on any atom is -0.496 e. The number of aromatic nitrogens is 4. The van der Waals surface area contributed by atoms with E-state index in [4.69, 9.17) is 9.47 Å². The zero-order valence-electron chi connectivity index (χ0n) is 17.3. The third-order valence-corrected chi connectivity index (χ3v) is 5.50. The number of fused-ring (bicyclic) bond motifs is 1. The van der Waals surface area contributed by atoms with Crippen LogP contribution in [0, 0.1) is 6.92 Å². The van der Waals surface area contributed by atoms with E-state index in [0.717, 1.165) is 22.6 Å². The molecule has 8 nitrogen and oxygen atoms in total. The van der Waals surface area contributed by atoms with Crippen LogP contribution >= 0.6 is 11.8 Å². The molecule has 0 spiro atoms. The summed E-state index contributed by atoms with van der Waals surface area (Å²) in [6.45, 7) is 1.96. The normalized spacial score (nSPS) is 10.8. The van der Waals surface area contributed by atoms with Crippen molar-refractivity contribution in [1.29, 1.82) is 0 Å². The fourth-order valence-corrected chi connectivity index (χ4v) is 3.78. The highest BCUT2D eigenvalue weighted by Gasteiger charge is 2.14. The van der Waals surface area contributed by atoms with Gasteiger partial charge in [-0.15, -0.1) is 10.2 Å². The summed E-state index contributed by atoms with van der Waals surface area (Å²) in [7, 11) is 3.20. The maximum Gasteiger partial charge on any atom is 0.234 e. The van der Waals surface area contributed by atoms with Gasteiger partial charge in [-0.25, -0.2) is 0 Å². The van der Waals surface area contributed by atoms with E-state index in [2.05, 4.69) is 20.6 Å². The van der Waals surface area contributed by atoms with Gasteiger partial charge in [0.1, 0.15) is 11.5 Å². The minimum absolute atomic E-state index is 0.151. The molecule has 0 saturated heterocycles. The van der Waals surface area contributed by atoms with Gasteiger partial charge in [-0.2, -0.15) is 9.61 Å². The van der Waals surface area contributed by atoms with Gasteiger partial charge in [0.15, 0.2) is 5.65 Å². The lowest BCUT2D eigenvalue weighted by Crippen LogP contribution is -2.15. The number of para-hydroxylation sites is 1. The van der Waals surface area contributed by atoms with Crippen LogP contribution in [0.25, 0.3) is 16.9 Å². The molecule has 0 aliphatic heterocycles. The topological polar surface area (TPSA) is 90.6 Å². The van der Waals surface area contributed by atoms with Gasteiger partial charge in [-0.3, -0.25) is 4.79 Å². The Labute approximate surface area is 183 Å². The number of amides is 1. The molecule has 1 amide bonds. The third kappa shape index (κ3) is 4.46. The van der Waals surface area contributed by atoms with Crippen LogP contribution in [-0.2, 0) is 4.79 Å². The number of aryl methyl sites for hydroxylation is 1. The summed E-state index contributed by atoms with van der Waals surface area (Å²) in [4.78, 5) is 12.5. The fourth-order valence-electron chi connectivity index (χ4n) is 3.09. The van der Waals surface area contributed by atoms with E-state index in [1.54, 1.807) is 18.7 Å². The van der Waals surface area contributed by atoms with Crippen molar-refractivity contribution in [1.82, 2.24) is 19.8 Å². The number of methoxy groups -OCH3 is 2. The first-order valence-electron chi connectivity index (χ1n) is 9.52. The first-order chi connectivity index (χ1) is 15.1. The van der Waals surface area contributed by atoms with Gasteiger partial charge in [-0.05, 0) is 48.9 Å². The average molecular weight is 436 g/mol. The van der Waals surface area contributed by atoms with Crippen molar-refractivity contribution in [3.8, 4) is 22.8 Å². The van der Waals surface area contributed by atoms with Gasteiger partial charge in [0.2, 0.25) is 11.1 Å². The Morgan fingerprint density at radius 1 is 1.03 bits per heavy atom. The number of benzene rings is 2. The molecule has 2 aromatic heterocycles. The van der Waals surface area contributed by atoms with E-state index in [0.29, 0.717) is 22.2 Å². The van der Waals surface area contributed by atoms with Gasteiger partial charge in [0.25, 0.3) is 0 Å². The third-order valence-electron chi connectivity index (χ3n) is 4.58. The summed E-state index contributed by atoms with van der Waals surface area (Å²) in [6, 6.07) is 17.0. The molecule has 0 radical (unpaired) electrons. The minimum atomic E-state index is -0.175. The lowest BCUT2D eigenvalue weighted by molar-refractivity contribution is -0.113. The highest BCUT2D eigenvalue weighted by atomic mass is 32.2. The smallest absolute Gasteiger partial charge is 0.234 e. The summed E-state index contributed by atoms with van der Waals surface area (Å²) in [5, 5.41) is 16.4. The number of ether oxygens (including phenoxy) is 2. The zero-order valence-corrected chi connectivity index (χ0v) is 18.1. The lowest BCUT2D eigenvalue weighted by atomic mass is 10.1. The van der Waals surface area contributed by atoms with E-state index in [-0.39, 0.29) is 11.7 Å². The summed E-state index contributed by atoms with van der Waals surface area (Å²) in [5.41, 5.74) is 3.85. The molecule has 0 atom stereocenters. The second-order valence-electron chi connectivity index (χ2n) is 6.71. The Bertz CT molecular complexity index is 1240. The Morgan fingerprint density at radius 3 is 2.65 bits per heavy atom. The molecule has 158 valence electrons. The quantitative estimate of drug-likeness (QED) is 0.441. The number of nitrogens with one attached hydrogen (secondary N) is 1. The molecule has 2 heterocycles. The van der Waals surface area contributed by atoms with Crippen LogP contribution in [-0.4, -0.2) is 45.7 Å². The van der Waals surface area contributed by atoms with Gasteiger partial charge in [0, 0.05) is 5.56 Å². The molecule has 0 saturated carbocycles. The number of rotatable bonds is 7. The van der Waals surface area contributed by atoms with E-state index in [1.165, 1.54) is 11.8 Å². The molecular weight excluding hydrogens is 414 g/mol. The van der Waals surface area contributed by atoms with E-state index in [1.807, 2.05) is 61.5 Å². The largest absolute Gasteiger partial charge is 0.496 e. The molecule has 0 bridgehead atoms. The molecule has 0 aliphatic carbocycles. The van der Waals surface area contributed by atoms with Crippen molar-refractivity contribution < 1.29 is 14.3 Å². The van der Waals surface area contributed by atoms with E-state index >= 15 is 0 Å². The second-order valence-corrected chi connectivity index (χ2v) is 7.65. The lowest BCUT2D eigenvalue weighted by Gasteiger charge is -2.10. The summed E-state index contributed by atoms with van der Waals surface area (Å²) in [5.74, 6) is 1.31. The Balaban J connectivity index is 1.53. The van der Waals surface area contributed by atoms with Crippen LogP contribution in [0.3, 0.4) is 0 Å². The van der Waals surface area contributed by atoms with E-state index < -0.39 is 0 Å². The molecule has 0 fully saturated rings. The summed E-state index contributed by atoms with van der Waals surface area (Å²) >= 11 is 1.26. The van der Waals surface area contributed by atoms with E-state index in [9.17, 15) is 4.79 Å². The van der Waals surface area contributed by atoms with Gasteiger partial charge in [-0.1, -0.05) is 30.0 Å². The molecule has 4 aromatic rings. The maximum atomic E-state index is 12.5. The van der Waals surface area contributed by atoms with Crippen molar-refractivity contribution in [3.05, 3.63) is 60.2 Å². The van der Waals surface area contributed by atoms with Crippen LogP contribution in [0.5, 0.6) is 11.5 Å². The first-order valence-corrected chi connectivity index (χ1v) is 10.5. The van der Waals surface area contributed by atoms with Crippen molar-refractivity contribution in [3.63, 3.8) is 0 Å². The monoisotopic (exact) mass is 435 g/mol. The molecule has 9 heteroatoms. The van der Waals surface area contributed by atoms with Crippen LogP contribution in [0.15, 0.2) is 59.8 Å². The van der Waals surface area contributed by atoms with Crippen LogP contribution in [0.2, 0.25) is 0 Å². The standard InChI is InChI=1S/C22H21N5O3S/c1-14-8-10-19(30-3)17(12-14)23-21(28)13-31-22-25-24-20-11-9-16(26-27(20)22)15-6-4-5-7-18(15)29-2/h4-12H,13H2,1-3H3,(H,23,28). The highest BCUT2D eigenvalue weighted by molar-refractivity contribution is 7.99. The zero-order chi connectivity index (χ0) is 21.8. The first kappa shape index (κ1) is 20.7. The summed E-state index contributed by atoms with van der Waals surface area (Å²) < 4.78 is 12.4. The molecule has 1 N–H and O–H groups in total. The number of carbonyl (C=O) groups excluding carboxylic acids is 1. The maximum absolute atomic E-state index is 12.5. The van der Waals surface area contributed by atoms with Gasteiger partial charge >= 0.3 is 0 Å². The number of hydrogen-bond acceptors (Lipinski definition) is 7. The highest BCUT2D eigenvalue weighted by Crippen LogP contribution is 2.29. The Kier molecular flexibility index (Phi) is 6.03. The average Bonchev–Trinajstić information content (AvgIpc) is 3.20. The Morgan fingerprint density at radius 2 is 1.84 bits per heavy atom. The second kappa shape index (κ2) is 9.05. The van der Waals surface area contributed by atoms with Crippen molar-refractivity contribution in [2.75, 3.05) is 25.3 Å². The molecule has 0 aliphatic rings.